The molecule has 0 heterocycles. The summed E-state index contributed by atoms with van der Waals surface area (Å²) < 4.78 is 0. The van der Waals surface area contributed by atoms with E-state index in [1.807, 2.05) is 30.3 Å². The third-order valence-corrected chi connectivity index (χ3v) is 3.06. The molecule has 0 spiro atoms. The van der Waals surface area contributed by atoms with Gasteiger partial charge in [0.15, 0.2) is 5.41 Å². The first kappa shape index (κ1) is 15.4. The zero-order valence-electron chi connectivity index (χ0n) is 10.0. The third kappa shape index (κ3) is 2.86. The van der Waals surface area contributed by atoms with Gasteiger partial charge in [0.2, 0.25) is 0 Å². The van der Waals surface area contributed by atoms with Gasteiger partial charge in [0.05, 0.1) is 0 Å². The average Bonchev–Trinajstić information content (AvgIpc) is 2.39. The van der Waals surface area contributed by atoms with Gasteiger partial charge in [-0.05, 0) is 17.6 Å². The van der Waals surface area contributed by atoms with Crippen molar-refractivity contribution in [1.29, 1.82) is 0 Å². The summed E-state index contributed by atoms with van der Waals surface area (Å²) in [5.41, 5.74) is -0.0509. The number of carbonyl (C=O) groups is 2. The molecule has 0 saturated carbocycles. The van der Waals surface area contributed by atoms with E-state index >= 15 is 0 Å². The Morgan fingerprint density at radius 1 is 1.05 bits per heavy atom. The Hall–Kier alpha value is -1.65. The summed E-state index contributed by atoms with van der Waals surface area (Å²) in [4.78, 5) is 22.2. The van der Waals surface area contributed by atoms with Gasteiger partial charge < -0.3 is 10.2 Å². The Morgan fingerprint density at radius 2 is 1.63 bits per heavy atom. The van der Waals surface area contributed by atoms with Crippen LogP contribution in [0.4, 0.5) is 0 Å². The molecule has 0 amide bonds. The number of carboxylic acids is 2. The zero-order valence-corrected chi connectivity index (χ0v) is 11.6. The summed E-state index contributed by atoms with van der Waals surface area (Å²) in [5.74, 6) is -2.68. The second kappa shape index (κ2) is 6.00. The molecule has 0 unspecified atom stereocenters. The number of carboxylic acid groups (broad SMARTS) is 2. The van der Waals surface area contributed by atoms with Crippen LogP contribution in [0, 0.1) is 5.41 Å². The van der Waals surface area contributed by atoms with E-state index in [9.17, 15) is 9.59 Å². The minimum absolute atomic E-state index is 0. The van der Waals surface area contributed by atoms with Gasteiger partial charge in [-0.3, -0.25) is 9.59 Å². The molecular weight excluding hydrogens is 280 g/mol. The molecule has 0 saturated heterocycles. The number of aliphatic carboxylic acids is 2. The van der Waals surface area contributed by atoms with Crippen LogP contribution in [0.3, 0.4) is 0 Å². The molecule has 96 valence electrons. The molecule has 4 nitrogen and oxygen atoms in total. The predicted molar refractivity (Wildman–Crippen MR) is 65.9 cm³/mol. The number of hydrogen-bond donors (Lipinski definition) is 2. The van der Waals surface area contributed by atoms with E-state index in [2.05, 4.69) is 0 Å². The minimum atomic E-state index is -1.84. The zero-order chi connectivity index (χ0) is 13.2. The maximum absolute atomic E-state index is 11.1. The fourth-order valence-corrected chi connectivity index (χ4v) is 1.89. The van der Waals surface area contributed by atoms with Crippen molar-refractivity contribution in [2.45, 2.75) is 6.42 Å². The normalized spacial score (nSPS) is 16.1. The Labute approximate surface area is 125 Å². The average molecular weight is 292 g/mol. The maximum Gasteiger partial charge on any atom is 0.325 e. The summed E-state index contributed by atoms with van der Waals surface area (Å²) in [6, 6.07) is 9.42. The smallest absolute Gasteiger partial charge is 0.325 e. The fraction of sp³-hybridized carbons (Fsp3) is 0.143. The number of benzene rings is 1. The van der Waals surface area contributed by atoms with Gasteiger partial charge in [-0.1, -0.05) is 48.6 Å². The fourth-order valence-electron chi connectivity index (χ4n) is 1.89. The van der Waals surface area contributed by atoms with E-state index in [0.29, 0.717) is 0 Å². The van der Waals surface area contributed by atoms with Crippen LogP contribution >= 0.6 is 0 Å². The van der Waals surface area contributed by atoms with Gasteiger partial charge in [0.1, 0.15) is 0 Å². The second-order valence-electron chi connectivity index (χ2n) is 4.14. The molecule has 19 heavy (non-hydrogen) atoms. The van der Waals surface area contributed by atoms with E-state index < -0.39 is 17.4 Å². The summed E-state index contributed by atoms with van der Waals surface area (Å²) in [5, 5.41) is 18.1. The SMILES string of the molecule is O=C(O)C1(C(=O)O)C=CC(c2ccccc2)=CC1.[Ti]. The first-order valence-electron chi connectivity index (χ1n) is 5.48. The van der Waals surface area contributed by atoms with Gasteiger partial charge >= 0.3 is 11.9 Å². The van der Waals surface area contributed by atoms with Crippen molar-refractivity contribution in [3.63, 3.8) is 0 Å². The molecule has 5 heteroatoms. The van der Waals surface area contributed by atoms with Crippen molar-refractivity contribution in [2.75, 3.05) is 0 Å². The van der Waals surface area contributed by atoms with E-state index in [1.165, 1.54) is 6.08 Å². The van der Waals surface area contributed by atoms with Crippen LogP contribution in [-0.2, 0) is 31.3 Å². The first-order chi connectivity index (χ1) is 8.56. The van der Waals surface area contributed by atoms with Crippen LogP contribution in [0.15, 0.2) is 48.6 Å². The van der Waals surface area contributed by atoms with Crippen LogP contribution in [0.25, 0.3) is 5.57 Å². The molecular formula is C14H12O4Ti. The standard InChI is InChI=1S/C14H12O4.Ti/c15-12(16)14(13(17)18)8-6-11(7-9-14)10-4-2-1-3-5-10;/h1-8H,9H2,(H,15,16)(H,17,18);. The quantitative estimate of drug-likeness (QED) is 0.661. The van der Waals surface area contributed by atoms with Crippen LogP contribution in [0.2, 0.25) is 0 Å². The van der Waals surface area contributed by atoms with Crippen LogP contribution in [0.1, 0.15) is 12.0 Å². The van der Waals surface area contributed by atoms with E-state index in [0.717, 1.165) is 11.1 Å². The number of rotatable bonds is 3. The summed E-state index contributed by atoms with van der Waals surface area (Å²) in [7, 11) is 0. The molecule has 0 fully saturated rings. The summed E-state index contributed by atoms with van der Waals surface area (Å²) >= 11 is 0. The van der Waals surface area contributed by atoms with Crippen molar-refractivity contribution in [1.82, 2.24) is 0 Å². The van der Waals surface area contributed by atoms with E-state index in [-0.39, 0.29) is 28.1 Å². The minimum Gasteiger partial charge on any atom is -0.480 e. The van der Waals surface area contributed by atoms with Crippen molar-refractivity contribution >= 4 is 17.5 Å². The van der Waals surface area contributed by atoms with Crippen molar-refractivity contribution in [3.8, 4) is 0 Å². The molecule has 2 N–H and O–H groups in total. The van der Waals surface area contributed by atoms with Gasteiger partial charge in [0, 0.05) is 21.7 Å². The van der Waals surface area contributed by atoms with Crippen LogP contribution < -0.4 is 0 Å². The van der Waals surface area contributed by atoms with Crippen molar-refractivity contribution in [2.24, 2.45) is 5.41 Å². The molecule has 0 atom stereocenters. The Morgan fingerprint density at radius 3 is 2.05 bits per heavy atom. The second-order valence-corrected chi connectivity index (χ2v) is 4.14. The van der Waals surface area contributed by atoms with Gasteiger partial charge in [0.25, 0.3) is 0 Å². The molecule has 1 aromatic carbocycles. The number of hydrogen-bond acceptors (Lipinski definition) is 2. The molecule has 0 aromatic heterocycles. The Bertz CT molecular complexity index is 532. The molecule has 0 radical (unpaired) electrons. The topological polar surface area (TPSA) is 74.6 Å². The molecule has 1 aliphatic carbocycles. The van der Waals surface area contributed by atoms with Crippen LogP contribution in [0.5, 0.6) is 0 Å². The molecule has 2 rings (SSSR count). The van der Waals surface area contributed by atoms with E-state index in [1.54, 1.807) is 12.2 Å². The number of allylic oxidation sites excluding steroid dienone is 3. The van der Waals surface area contributed by atoms with Crippen molar-refractivity contribution < 1.29 is 41.5 Å². The summed E-state index contributed by atoms with van der Waals surface area (Å²) in [6.45, 7) is 0. The molecule has 1 aliphatic rings. The molecule has 1 aromatic rings. The first-order valence-corrected chi connectivity index (χ1v) is 5.48. The molecule has 0 aliphatic heterocycles. The predicted octanol–water partition coefficient (Wildman–Crippen LogP) is 2.18. The Balaban J connectivity index is 0.00000180. The Kier molecular flexibility index (Phi) is 4.87. The van der Waals surface area contributed by atoms with E-state index in [4.69, 9.17) is 10.2 Å². The third-order valence-electron chi connectivity index (χ3n) is 3.06. The van der Waals surface area contributed by atoms with Crippen LogP contribution in [-0.4, -0.2) is 22.2 Å². The monoisotopic (exact) mass is 292 g/mol. The van der Waals surface area contributed by atoms with Gasteiger partial charge in [-0.2, -0.15) is 0 Å². The summed E-state index contributed by atoms with van der Waals surface area (Å²) in [6.07, 6.45) is 4.41. The van der Waals surface area contributed by atoms with Gasteiger partial charge in [-0.15, -0.1) is 0 Å². The van der Waals surface area contributed by atoms with Crippen molar-refractivity contribution in [3.05, 3.63) is 54.1 Å². The maximum atomic E-state index is 11.1. The van der Waals surface area contributed by atoms with Gasteiger partial charge in [-0.25, -0.2) is 0 Å². The largest absolute Gasteiger partial charge is 0.480 e. The molecule has 0 bridgehead atoms.